The summed E-state index contributed by atoms with van der Waals surface area (Å²) in [4.78, 5) is 18.0. The third-order valence-corrected chi connectivity index (χ3v) is 3.32. The van der Waals surface area contributed by atoms with Gasteiger partial charge in [-0.2, -0.15) is 4.98 Å². The minimum absolute atomic E-state index is 0.0254. The smallest absolute Gasteiger partial charge is 0.329 e. The zero-order valence-electron chi connectivity index (χ0n) is 10.7. The number of nitrogens with one attached hydrogen (secondary N) is 2. The Bertz CT molecular complexity index is 709. The van der Waals surface area contributed by atoms with Crippen molar-refractivity contribution in [2.45, 2.75) is 6.92 Å². The standard InChI is InChI=1S/C11H10Cl2N6O2/c1-5-2-7(13)8(3-6(5)12)16-10-9(19(20)21)4-15-11(17-10)18-14/h2-4H,14H2,1H3,(H2,15,16,17,18). The molecule has 10 heteroatoms. The summed E-state index contributed by atoms with van der Waals surface area (Å²) in [5, 5.41) is 14.6. The first-order chi connectivity index (χ1) is 9.92. The zero-order valence-corrected chi connectivity index (χ0v) is 12.2. The van der Waals surface area contributed by atoms with Gasteiger partial charge in [0.2, 0.25) is 11.8 Å². The van der Waals surface area contributed by atoms with Crippen LogP contribution in [-0.4, -0.2) is 14.9 Å². The van der Waals surface area contributed by atoms with Crippen LogP contribution < -0.4 is 16.6 Å². The Morgan fingerprint density at radius 2 is 2.05 bits per heavy atom. The molecule has 8 nitrogen and oxygen atoms in total. The molecule has 1 heterocycles. The van der Waals surface area contributed by atoms with Gasteiger partial charge in [0.15, 0.2) is 0 Å². The predicted molar refractivity (Wildman–Crippen MR) is 81.0 cm³/mol. The van der Waals surface area contributed by atoms with Crippen molar-refractivity contribution in [2.24, 2.45) is 5.84 Å². The molecule has 0 fully saturated rings. The summed E-state index contributed by atoms with van der Waals surface area (Å²) in [6.07, 6.45) is 1.04. The summed E-state index contributed by atoms with van der Waals surface area (Å²) in [5.74, 6) is 5.17. The van der Waals surface area contributed by atoms with E-state index in [2.05, 4.69) is 20.7 Å². The first-order valence-electron chi connectivity index (χ1n) is 5.63. The molecule has 0 aliphatic rings. The Kier molecular flexibility index (Phi) is 4.41. The second-order valence-electron chi connectivity index (χ2n) is 4.04. The van der Waals surface area contributed by atoms with E-state index < -0.39 is 4.92 Å². The molecule has 0 spiro atoms. The van der Waals surface area contributed by atoms with E-state index >= 15 is 0 Å². The topological polar surface area (TPSA) is 119 Å². The van der Waals surface area contributed by atoms with Gasteiger partial charge in [-0.15, -0.1) is 0 Å². The summed E-state index contributed by atoms with van der Waals surface area (Å²) in [5.41, 5.74) is 3.06. The van der Waals surface area contributed by atoms with Crippen LogP contribution in [0.15, 0.2) is 18.3 Å². The Labute approximate surface area is 129 Å². The molecule has 0 saturated carbocycles. The summed E-state index contributed by atoms with van der Waals surface area (Å²) >= 11 is 12.1. The van der Waals surface area contributed by atoms with Gasteiger partial charge in [0, 0.05) is 5.02 Å². The lowest BCUT2D eigenvalue weighted by molar-refractivity contribution is -0.384. The molecule has 0 unspecified atom stereocenters. The second kappa shape index (κ2) is 6.08. The number of hydrogen-bond donors (Lipinski definition) is 3. The monoisotopic (exact) mass is 328 g/mol. The van der Waals surface area contributed by atoms with Crippen molar-refractivity contribution in [2.75, 3.05) is 10.7 Å². The third kappa shape index (κ3) is 3.30. The second-order valence-corrected chi connectivity index (χ2v) is 4.85. The Morgan fingerprint density at radius 3 is 2.67 bits per heavy atom. The fourth-order valence-electron chi connectivity index (χ4n) is 1.54. The minimum atomic E-state index is -0.619. The van der Waals surface area contributed by atoms with Crippen LogP contribution in [0.4, 0.5) is 23.1 Å². The van der Waals surface area contributed by atoms with Gasteiger partial charge in [0.05, 0.1) is 15.6 Å². The van der Waals surface area contributed by atoms with Crippen LogP contribution in [0.3, 0.4) is 0 Å². The number of nitrogen functional groups attached to an aromatic ring is 1. The number of nitrogens with two attached hydrogens (primary N) is 1. The maximum absolute atomic E-state index is 11.0. The Morgan fingerprint density at radius 1 is 1.33 bits per heavy atom. The number of nitro groups is 1. The molecule has 0 atom stereocenters. The highest BCUT2D eigenvalue weighted by molar-refractivity contribution is 6.35. The molecule has 2 aromatic rings. The van der Waals surface area contributed by atoms with Crippen molar-refractivity contribution < 1.29 is 4.92 Å². The van der Waals surface area contributed by atoms with Crippen molar-refractivity contribution in [1.29, 1.82) is 0 Å². The van der Waals surface area contributed by atoms with Crippen molar-refractivity contribution in [3.63, 3.8) is 0 Å². The van der Waals surface area contributed by atoms with E-state index in [0.29, 0.717) is 15.7 Å². The SMILES string of the molecule is Cc1cc(Cl)c(Nc2nc(NN)ncc2[N+](=O)[O-])cc1Cl. The predicted octanol–water partition coefficient (Wildman–Crippen LogP) is 3.03. The van der Waals surface area contributed by atoms with Gasteiger partial charge in [-0.1, -0.05) is 23.2 Å². The van der Waals surface area contributed by atoms with Gasteiger partial charge in [0.25, 0.3) is 0 Å². The molecular formula is C11H10Cl2N6O2. The molecule has 1 aromatic heterocycles. The van der Waals surface area contributed by atoms with Gasteiger partial charge in [0.1, 0.15) is 6.20 Å². The molecule has 110 valence electrons. The van der Waals surface area contributed by atoms with E-state index in [9.17, 15) is 10.1 Å². The summed E-state index contributed by atoms with van der Waals surface area (Å²) < 4.78 is 0. The maximum Gasteiger partial charge on any atom is 0.329 e. The fourth-order valence-corrected chi connectivity index (χ4v) is 1.97. The number of benzene rings is 1. The fraction of sp³-hybridized carbons (Fsp3) is 0.0909. The van der Waals surface area contributed by atoms with Crippen LogP contribution in [0.1, 0.15) is 5.56 Å². The molecule has 0 radical (unpaired) electrons. The molecule has 1 aromatic carbocycles. The average Bonchev–Trinajstić information content (AvgIpc) is 2.44. The first-order valence-corrected chi connectivity index (χ1v) is 6.38. The number of aromatic nitrogens is 2. The van der Waals surface area contributed by atoms with E-state index in [4.69, 9.17) is 29.0 Å². The van der Waals surface area contributed by atoms with E-state index in [-0.39, 0.29) is 17.5 Å². The molecule has 2 rings (SSSR count). The number of halogens is 2. The Balaban J connectivity index is 2.47. The highest BCUT2D eigenvalue weighted by atomic mass is 35.5. The van der Waals surface area contributed by atoms with Crippen molar-refractivity contribution in [3.05, 3.63) is 44.1 Å². The van der Waals surface area contributed by atoms with Crippen LogP contribution in [0.25, 0.3) is 0 Å². The largest absolute Gasteiger partial charge is 0.333 e. The molecule has 0 saturated heterocycles. The van der Waals surface area contributed by atoms with Gasteiger partial charge in [-0.25, -0.2) is 10.8 Å². The zero-order chi connectivity index (χ0) is 15.6. The van der Waals surface area contributed by atoms with Crippen molar-refractivity contribution in [1.82, 2.24) is 9.97 Å². The Hall–Kier alpha value is -2.16. The number of anilines is 3. The van der Waals surface area contributed by atoms with E-state index in [0.717, 1.165) is 11.8 Å². The highest BCUT2D eigenvalue weighted by Gasteiger charge is 2.18. The lowest BCUT2D eigenvalue weighted by Crippen LogP contribution is -2.12. The lowest BCUT2D eigenvalue weighted by Gasteiger charge is -2.10. The number of hydrazine groups is 1. The van der Waals surface area contributed by atoms with Gasteiger partial charge in [-0.05, 0) is 24.6 Å². The van der Waals surface area contributed by atoms with Crippen LogP contribution in [0, 0.1) is 17.0 Å². The summed E-state index contributed by atoms with van der Waals surface area (Å²) in [7, 11) is 0. The summed E-state index contributed by atoms with van der Waals surface area (Å²) in [6, 6.07) is 3.20. The number of rotatable bonds is 4. The molecule has 0 amide bonds. The number of hydrogen-bond acceptors (Lipinski definition) is 7. The van der Waals surface area contributed by atoms with Crippen molar-refractivity contribution in [3.8, 4) is 0 Å². The van der Waals surface area contributed by atoms with Gasteiger partial charge >= 0.3 is 5.69 Å². The molecule has 21 heavy (non-hydrogen) atoms. The summed E-state index contributed by atoms with van der Waals surface area (Å²) in [6.45, 7) is 1.79. The molecule has 0 bridgehead atoms. The number of aryl methyl sites for hydroxylation is 1. The quantitative estimate of drug-likeness (QED) is 0.448. The van der Waals surface area contributed by atoms with Crippen LogP contribution in [-0.2, 0) is 0 Å². The normalized spacial score (nSPS) is 10.3. The third-order valence-electron chi connectivity index (χ3n) is 2.60. The van der Waals surface area contributed by atoms with E-state index in [1.165, 1.54) is 0 Å². The maximum atomic E-state index is 11.0. The van der Waals surface area contributed by atoms with Crippen LogP contribution in [0.5, 0.6) is 0 Å². The van der Waals surface area contributed by atoms with Crippen LogP contribution in [0.2, 0.25) is 10.0 Å². The first kappa shape index (κ1) is 15.2. The van der Waals surface area contributed by atoms with Crippen LogP contribution >= 0.6 is 23.2 Å². The molecule has 0 aliphatic carbocycles. The van der Waals surface area contributed by atoms with Gasteiger partial charge < -0.3 is 5.32 Å². The molecular weight excluding hydrogens is 319 g/mol. The average molecular weight is 329 g/mol. The van der Waals surface area contributed by atoms with Gasteiger partial charge in [-0.3, -0.25) is 15.5 Å². The molecule has 0 aliphatic heterocycles. The van der Waals surface area contributed by atoms with E-state index in [1.807, 2.05) is 0 Å². The highest BCUT2D eigenvalue weighted by Crippen LogP contribution is 2.33. The lowest BCUT2D eigenvalue weighted by atomic mass is 10.2. The molecule has 4 N–H and O–H groups in total. The van der Waals surface area contributed by atoms with E-state index in [1.54, 1.807) is 19.1 Å². The minimum Gasteiger partial charge on any atom is -0.333 e. The van der Waals surface area contributed by atoms with Crippen molar-refractivity contribution >= 4 is 46.3 Å². The number of nitrogens with zero attached hydrogens (tertiary/aromatic N) is 3.